The Labute approximate surface area is 277 Å². The molecule has 0 radical (unpaired) electrons. The number of amides is 1. The highest BCUT2D eigenvalue weighted by molar-refractivity contribution is 5.97. The lowest BCUT2D eigenvalue weighted by atomic mass is 9.85. The number of anilines is 1. The number of benzene rings is 1. The fourth-order valence-electron chi connectivity index (χ4n) is 7.72. The molecule has 3 unspecified atom stereocenters. The second-order valence-electron chi connectivity index (χ2n) is 13.5. The van der Waals surface area contributed by atoms with Gasteiger partial charge in [0, 0.05) is 88.0 Å². The van der Waals surface area contributed by atoms with Gasteiger partial charge in [0.05, 0.1) is 5.92 Å². The van der Waals surface area contributed by atoms with Crippen molar-refractivity contribution >= 4 is 11.9 Å². The van der Waals surface area contributed by atoms with Crippen molar-refractivity contribution < 1.29 is 31.1 Å². The van der Waals surface area contributed by atoms with E-state index in [2.05, 4.69) is 24.7 Å². The summed E-state index contributed by atoms with van der Waals surface area (Å²) in [6.07, 6.45) is -2.33. The van der Waals surface area contributed by atoms with Gasteiger partial charge < -0.3 is 14.7 Å². The molecule has 13 heteroatoms. The van der Waals surface area contributed by atoms with Crippen LogP contribution in [0.25, 0.3) is 0 Å². The van der Waals surface area contributed by atoms with Gasteiger partial charge in [0.25, 0.3) is 5.91 Å². The maximum absolute atomic E-state index is 13.7. The molecule has 6 rings (SSSR count). The number of carbonyl (C=O) groups is 1. The minimum absolute atomic E-state index is 0.257. The van der Waals surface area contributed by atoms with E-state index in [4.69, 9.17) is 0 Å². The number of rotatable bonds is 7. The van der Waals surface area contributed by atoms with Gasteiger partial charge in [-0.25, -0.2) is 9.97 Å². The Morgan fingerprint density at radius 2 is 1.52 bits per heavy atom. The Kier molecular flexibility index (Phi) is 10.5. The summed E-state index contributed by atoms with van der Waals surface area (Å²) < 4.78 is 81.8. The molecule has 1 amide bonds. The Hall–Kier alpha value is -3.45. The Bertz CT molecular complexity index is 1430. The zero-order valence-electron chi connectivity index (χ0n) is 26.8. The van der Waals surface area contributed by atoms with Crippen LogP contribution in [-0.2, 0) is 11.2 Å². The molecule has 0 bridgehead atoms. The minimum Gasteiger partial charge on any atom is -0.341 e. The number of nitrogens with zero attached hydrogens (tertiary/aromatic N) is 6. The SMILES string of the molecule is O=C(C1=CC(C(F)(F)F)CC(C(F)(F)F)=C1)N1CCC(CN2CCN(C3CCN(c4ncccn4)CC3)CC2)CC1Cc1ccccc1. The summed E-state index contributed by atoms with van der Waals surface area (Å²) in [6, 6.07) is 11.5. The van der Waals surface area contributed by atoms with Gasteiger partial charge in [-0.3, -0.25) is 9.69 Å². The van der Waals surface area contributed by atoms with Crippen molar-refractivity contribution in [2.45, 2.75) is 63.0 Å². The van der Waals surface area contributed by atoms with Crippen LogP contribution in [0.2, 0.25) is 0 Å². The molecule has 4 aliphatic rings. The quantitative estimate of drug-likeness (QED) is 0.340. The van der Waals surface area contributed by atoms with Gasteiger partial charge in [-0.15, -0.1) is 0 Å². The van der Waals surface area contributed by atoms with Crippen molar-refractivity contribution in [1.82, 2.24) is 24.7 Å². The van der Waals surface area contributed by atoms with Crippen molar-refractivity contribution in [3.8, 4) is 0 Å². The summed E-state index contributed by atoms with van der Waals surface area (Å²) in [5.41, 5.74) is -0.873. The third kappa shape index (κ3) is 8.39. The lowest BCUT2D eigenvalue weighted by Crippen LogP contribution is -2.55. The van der Waals surface area contributed by atoms with E-state index in [1.165, 1.54) is 4.90 Å². The zero-order chi connectivity index (χ0) is 33.9. The Balaban J connectivity index is 1.08. The zero-order valence-corrected chi connectivity index (χ0v) is 26.8. The number of hydrogen-bond donors (Lipinski definition) is 0. The molecule has 1 aromatic heterocycles. The third-order valence-electron chi connectivity index (χ3n) is 10.3. The van der Waals surface area contributed by atoms with Crippen molar-refractivity contribution in [2.75, 3.05) is 57.3 Å². The van der Waals surface area contributed by atoms with E-state index in [0.717, 1.165) is 70.2 Å². The molecule has 3 fully saturated rings. The van der Waals surface area contributed by atoms with E-state index in [9.17, 15) is 31.1 Å². The lowest BCUT2D eigenvalue weighted by Gasteiger charge is -2.45. The Morgan fingerprint density at radius 3 is 2.17 bits per heavy atom. The summed E-state index contributed by atoms with van der Waals surface area (Å²) in [7, 11) is 0. The van der Waals surface area contributed by atoms with Gasteiger partial charge in [-0.2, -0.15) is 26.3 Å². The first-order valence-electron chi connectivity index (χ1n) is 16.8. The van der Waals surface area contributed by atoms with Crippen LogP contribution in [0.15, 0.2) is 72.1 Å². The lowest BCUT2D eigenvalue weighted by molar-refractivity contribution is -0.166. The molecule has 7 nitrogen and oxygen atoms in total. The minimum atomic E-state index is -4.95. The number of piperazine rings is 1. The summed E-state index contributed by atoms with van der Waals surface area (Å²) in [5.74, 6) is -2.08. The number of piperidine rings is 2. The van der Waals surface area contributed by atoms with Crippen molar-refractivity contribution in [3.05, 3.63) is 77.7 Å². The molecule has 3 atom stereocenters. The first-order valence-corrected chi connectivity index (χ1v) is 16.8. The maximum atomic E-state index is 13.7. The molecule has 3 aliphatic heterocycles. The van der Waals surface area contributed by atoms with Crippen LogP contribution in [0.5, 0.6) is 0 Å². The number of allylic oxidation sites excluding steroid dienone is 2. The smallest absolute Gasteiger partial charge is 0.341 e. The molecule has 3 saturated heterocycles. The summed E-state index contributed by atoms with van der Waals surface area (Å²) in [5, 5.41) is 0. The molecule has 48 heavy (non-hydrogen) atoms. The van der Waals surface area contributed by atoms with Gasteiger partial charge in [0.1, 0.15) is 0 Å². The van der Waals surface area contributed by atoms with Gasteiger partial charge in [0.2, 0.25) is 5.95 Å². The van der Waals surface area contributed by atoms with E-state index in [-0.39, 0.29) is 18.5 Å². The first kappa shape index (κ1) is 34.4. The van der Waals surface area contributed by atoms with Crippen LogP contribution in [0.3, 0.4) is 0 Å². The fraction of sp³-hybridized carbons (Fsp3) is 0.571. The monoisotopic (exact) mass is 676 g/mol. The van der Waals surface area contributed by atoms with Crippen molar-refractivity contribution in [1.29, 1.82) is 0 Å². The highest BCUT2D eigenvalue weighted by Crippen LogP contribution is 2.42. The molecule has 260 valence electrons. The summed E-state index contributed by atoms with van der Waals surface area (Å²) in [6.45, 7) is 6.80. The van der Waals surface area contributed by atoms with Crippen LogP contribution in [0.1, 0.15) is 37.7 Å². The molecule has 1 aromatic carbocycles. The standard InChI is InChI=1S/C35H42F6N6O/c36-34(37,38)28-21-27(22-29(23-28)35(39,40)41)32(48)47-14-7-26(20-31(47)19-25-5-2-1-3-6-25)24-44-15-17-45(18-16-44)30-8-12-46(13-9-30)33-42-10-4-11-43-33/h1-6,10-11,21-22,26,28,30-31H,7-9,12-20,23-24H2. The normalized spacial score (nSPS) is 25.5. The second kappa shape index (κ2) is 14.6. The number of aromatic nitrogens is 2. The van der Waals surface area contributed by atoms with Crippen molar-refractivity contribution in [2.24, 2.45) is 11.8 Å². The fourth-order valence-corrected chi connectivity index (χ4v) is 7.72. The number of halogens is 6. The number of likely N-dealkylation sites (tertiary alicyclic amines) is 1. The molecule has 0 spiro atoms. The van der Waals surface area contributed by atoms with Crippen LogP contribution in [-0.4, -0.2) is 107 Å². The molecular weight excluding hydrogens is 634 g/mol. The molecular formula is C35H42F6N6O. The van der Waals surface area contributed by atoms with Crippen LogP contribution in [0.4, 0.5) is 32.3 Å². The average molecular weight is 677 g/mol. The predicted molar refractivity (Wildman–Crippen MR) is 170 cm³/mol. The largest absolute Gasteiger partial charge is 0.412 e. The molecule has 0 saturated carbocycles. The Morgan fingerprint density at radius 1 is 0.833 bits per heavy atom. The van der Waals surface area contributed by atoms with Crippen LogP contribution < -0.4 is 4.90 Å². The molecule has 1 aliphatic carbocycles. The summed E-state index contributed by atoms with van der Waals surface area (Å²) in [4.78, 5) is 31.3. The third-order valence-corrected chi connectivity index (χ3v) is 10.3. The predicted octanol–water partition coefficient (Wildman–Crippen LogP) is 5.91. The van der Waals surface area contributed by atoms with Gasteiger partial charge in [-0.05, 0) is 62.1 Å². The first-order chi connectivity index (χ1) is 22.9. The average Bonchev–Trinajstić information content (AvgIpc) is 3.08. The molecule has 2 aromatic rings. The van der Waals surface area contributed by atoms with E-state index < -0.39 is 41.7 Å². The molecule has 0 N–H and O–H groups in total. The molecule has 4 heterocycles. The topological polar surface area (TPSA) is 55.8 Å². The second-order valence-corrected chi connectivity index (χ2v) is 13.5. The number of carbonyl (C=O) groups excluding carboxylic acids is 1. The summed E-state index contributed by atoms with van der Waals surface area (Å²) >= 11 is 0. The van der Waals surface area contributed by atoms with Gasteiger partial charge >= 0.3 is 12.4 Å². The van der Waals surface area contributed by atoms with E-state index in [0.29, 0.717) is 37.5 Å². The van der Waals surface area contributed by atoms with E-state index in [1.54, 1.807) is 12.4 Å². The van der Waals surface area contributed by atoms with Gasteiger partial charge in [0.15, 0.2) is 0 Å². The van der Waals surface area contributed by atoms with E-state index >= 15 is 0 Å². The highest BCUT2D eigenvalue weighted by atomic mass is 19.4. The maximum Gasteiger partial charge on any atom is 0.412 e. The number of alkyl halides is 6. The number of hydrogen-bond acceptors (Lipinski definition) is 6. The highest BCUT2D eigenvalue weighted by Gasteiger charge is 2.47. The van der Waals surface area contributed by atoms with E-state index in [1.807, 2.05) is 36.4 Å². The van der Waals surface area contributed by atoms with Crippen molar-refractivity contribution in [3.63, 3.8) is 0 Å². The van der Waals surface area contributed by atoms with Crippen LogP contribution >= 0.6 is 0 Å². The van der Waals surface area contributed by atoms with Crippen LogP contribution in [0, 0.1) is 11.8 Å². The van der Waals surface area contributed by atoms with Gasteiger partial charge in [-0.1, -0.05) is 36.4 Å².